The first-order chi connectivity index (χ1) is 9.06. The van der Waals surface area contributed by atoms with Gasteiger partial charge in [-0.1, -0.05) is 0 Å². The Morgan fingerprint density at radius 1 is 1.42 bits per heavy atom. The fourth-order valence-corrected chi connectivity index (χ4v) is 1.82. The molecule has 0 atom stereocenters. The standard InChI is InChI=1S/C11H7F3N2O2S/c12-7-3-6(18-11(13)14)1-2-8(7)16-10(17)9-4-19-5-15-9/h1-5,11H,(H,16,17). The van der Waals surface area contributed by atoms with Crippen molar-refractivity contribution >= 4 is 22.9 Å². The Kier molecular flexibility index (Phi) is 4.00. The van der Waals surface area contributed by atoms with Crippen molar-refractivity contribution < 1.29 is 22.7 Å². The molecule has 0 saturated carbocycles. The van der Waals surface area contributed by atoms with Gasteiger partial charge in [0.05, 0.1) is 11.2 Å². The van der Waals surface area contributed by atoms with E-state index in [1.54, 1.807) is 0 Å². The summed E-state index contributed by atoms with van der Waals surface area (Å²) in [4.78, 5) is 15.4. The molecule has 0 aliphatic carbocycles. The summed E-state index contributed by atoms with van der Waals surface area (Å²) in [6.07, 6.45) is 0. The molecule has 0 saturated heterocycles. The normalized spacial score (nSPS) is 10.5. The van der Waals surface area contributed by atoms with Crippen molar-refractivity contribution in [1.82, 2.24) is 4.98 Å². The number of carbonyl (C=O) groups excluding carboxylic acids is 1. The molecule has 1 aromatic carbocycles. The maximum absolute atomic E-state index is 13.5. The molecule has 1 aromatic heterocycles. The summed E-state index contributed by atoms with van der Waals surface area (Å²) in [5.74, 6) is -1.77. The molecular weight excluding hydrogens is 281 g/mol. The maximum atomic E-state index is 13.5. The number of halogens is 3. The number of rotatable bonds is 4. The third kappa shape index (κ3) is 3.44. The number of thiazole rings is 1. The Morgan fingerprint density at radius 3 is 2.79 bits per heavy atom. The minimum absolute atomic E-state index is 0.139. The zero-order chi connectivity index (χ0) is 13.8. The first-order valence-electron chi connectivity index (χ1n) is 5.00. The second-order valence-electron chi connectivity index (χ2n) is 3.35. The van der Waals surface area contributed by atoms with Crippen LogP contribution in [0, 0.1) is 5.82 Å². The fourth-order valence-electron chi connectivity index (χ4n) is 1.28. The van der Waals surface area contributed by atoms with Crippen LogP contribution in [0.2, 0.25) is 0 Å². The largest absolute Gasteiger partial charge is 0.435 e. The summed E-state index contributed by atoms with van der Waals surface area (Å²) in [6.45, 7) is -3.03. The highest BCUT2D eigenvalue weighted by Gasteiger charge is 2.12. The van der Waals surface area contributed by atoms with E-state index in [1.807, 2.05) is 0 Å². The van der Waals surface area contributed by atoms with E-state index in [0.29, 0.717) is 0 Å². The SMILES string of the molecule is O=C(Nc1ccc(OC(F)F)cc1F)c1cscn1. The molecular formula is C11H7F3N2O2S. The van der Waals surface area contributed by atoms with E-state index in [2.05, 4.69) is 15.0 Å². The molecule has 100 valence electrons. The van der Waals surface area contributed by atoms with Gasteiger partial charge in [-0.3, -0.25) is 4.79 Å². The van der Waals surface area contributed by atoms with Gasteiger partial charge in [-0.2, -0.15) is 8.78 Å². The maximum Gasteiger partial charge on any atom is 0.387 e. The van der Waals surface area contributed by atoms with Crippen LogP contribution >= 0.6 is 11.3 Å². The van der Waals surface area contributed by atoms with Gasteiger partial charge in [0, 0.05) is 11.4 Å². The van der Waals surface area contributed by atoms with Crippen molar-refractivity contribution in [3.63, 3.8) is 0 Å². The third-order valence-corrected chi connectivity index (χ3v) is 2.67. The van der Waals surface area contributed by atoms with E-state index in [1.165, 1.54) is 22.2 Å². The summed E-state index contributed by atoms with van der Waals surface area (Å²) in [7, 11) is 0. The minimum Gasteiger partial charge on any atom is -0.435 e. The van der Waals surface area contributed by atoms with Crippen LogP contribution in [0.4, 0.5) is 18.9 Å². The molecule has 2 aromatic rings. The van der Waals surface area contributed by atoms with E-state index >= 15 is 0 Å². The summed E-state index contributed by atoms with van der Waals surface area (Å²) in [6, 6.07) is 3.03. The van der Waals surface area contributed by atoms with Gasteiger partial charge in [0.1, 0.15) is 17.3 Å². The molecule has 0 unspecified atom stereocenters. The monoisotopic (exact) mass is 288 g/mol. The number of ether oxygens (including phenoxy) is 1. The van der Waals surface area contributed by atoms with Crippen molar-refractivity contribution in [1.29, 1.82) is 0 Å². The molecule has 8 heteroatoms. The van der Waals surface area contributed by atoms with Crippen LogP contribution in [0.1, 0.15) is 10.5 Å². The Balaban J connectivity index is 2.11. The van der Waals surface area contributed by atoms with Crippen LogP contribution < -0.4 is 10.1 Å². The molecule has 19 heavy (non-hydrogen) atoms. The number of nitrogens with one attached hydrogen (secondary N) is 1. The van der Waals surface area contributed by atoms with E-state index < -0.39 is 18.3 Å². The topological polar surface area (TPSA) is 51.2 Å². The smallest absolute Gasteiger partial charge is 0.387 e. The first kappa shape index (κ1) is 13.3. The van der Waals surface area contributed by atoms with Crippen LogP contribution in [0.15, 0.2) is 29.1 Å². The highest BCUT2D eigenvalue weighted by molar-refractivity contribution is 7.07. The van der Waals surface area contributed by atoms with E-state index in [0.717, 1.165) is 18.2 Å². The number of amides is 1. The number of nitrogens with zero attached hydrogens (tertiary/aromatic N) is 1. The zero-order valence-electron chi connectivity index (χ0n) is 9.27. The molecule has 1 heterocycles. The van der Waals surface area contributed by atoms with Crippen LogP contribution in [0.3, 0.4) is 0 Å². The van der Waals surface area contributed by atoms with Crippen molar-refractivity contribution in [2.75, 3.05) is 5.32 Å². The number of benzene rings is 1. The number of alkyl halides is 2. The summed E-state index contributed by atoms with van der Waals surface area (Å²) >= 11 is 1.22. The Hall–Kier alpha value is -2.09. The molecule has 0 radical (unpaired) electrons. The predicted octanol–water partition coefficient (Wildman–Crippen LogP) is 3.14. The first-order valence-corrected chi connectivity index (χ1v) is 5.94. The number of hydrogen-bond acceptors (Lipinski definition) is 4. The molecule has 0 bridgehead atoms. The zero-order valence-corrected chi connectivity index (χ0v) is 10.1. The second kappa shape index (κ2) is 5.70. The molecule has 2 rings (SSSR count). The number of anilines is 1. The molecule has 0 fully saturated rings. The van der Waals surface area contributed by atoms with Gasteiger partial charge in [-0.25, -0.2) is 9.37 Å². The van der Waals surface area contributed by atoms with Crippen molar-refractivity contribution in [3.8, 4) is 5.75 Å². The highest BCUT2D eigenvalue weighted by atomic mass is 32.1. The number of hydrogen-bond donors (Lipinski definition) is 1. The molecule has 0 aliphatic heterocycles. The van der Waals surface area contributed by atoms with Gasteiger partial charge in [-0.05, 0) is 12.1 Å². The molecule has 0 aliphatic rings. The van der Waals surface area contributed by atoms with E-state index in [9.17, 15) is 18.0 Å². The molecule has 0 spiro atoms. The van der Waals surface area contributed by atoms with E-state index in [4.69, 9.17) is 0 Å². The van der Waals surface area contributed by atoms with Crippen molar-refractivity contribution in [2.45, 2.75) is 6.61 Å². The van der Waals surface area contributed by atoms with Crippen LogP contribution in [-0.4, -0.2) is 17.5 Å². The van der Waals surface area contributed by atoms with Gasteiger partial charge in [0.25, 0.3) is 5.91 Å². The Bertz CT molecular complexity index is 575. The average Bonchev–Trinajstić information content (AvgIpc) is 2.85. The lowest BCUT2D eigenvalue weighted by atomic mass is 10.2. The minimum atomic E-state index is -3.03. The lowest BCUT2D eigenvalue weighted by molar-refractivity contribution is -0.0499. The van der Waals surface area contributed by atoms with Crippen LogP contribution in [0.25, 0.3) is 0 Å². The quantitative estimate of drug-likeness (QED) is 0.940. The van der Waals surface area contributed by atoms with Gasteiger partial charge >= 0.3 is 6.61 Å². The fraction of sp³-hybridized carbons (Fsp3) is 0.0909. The Labute approximate surface area is 109 Å². The number of aromatic nitrogens is 1. The van der Waals surface area contributed by atoms with Gasteiger partial charge in [0.2, 0.25) is 0 Å². The van der Waals surface area contributed by atoms with Crippen molar-refractivity contribution in [3.05, 3.63) is 40.6 Å². The highest BCUT2D eigenvalue weighted by Crippen LogP contribution is 2.22. The third-order valence-electron chi connectivity index (χ3n) is 2.08. The second-order valence-corrected chi connectivity index (χ2v) is 4.07. The summed E-state index contributed by atoms with van der Waals surface area (Å²) in [5.41, 5.74) is 1.47. The Morgan fingerprint density at radius 2 is 2.21 bits per heavy atom. The lowest BCUT2D eigenvalue weighted by Gasteiger charge is -2.08. The predicted molar refractivity (Wildman–Crippen MR) is 63.1 cm³/mol. The molecule has 1 N–H and O–H groups in total. The summed E-state index contributed by atoms with van der Waals surface area (Å²) in [5, 5.41) is 3.78. The molecule has 4 nitrogen and oxygen atoms in total. The lowest BCUT2D eigenvalue weighted by Crippen LogP contribution is -2.13. The van der Waals surface area contributed by atoms with Crippen molar-refractivity contribution in [2.24, 2.45) is 0 Å². The molecule has 1 amide bonds. The average molecular weight is 288 g/mol. The van der Waals surface area contributed by atoms with Gasteiger partial charge in [-0.15, -0.1) is 11.3 Å². The summed E-state index contributed by atoms with van der Waals surface area (Å²) < 4.78 is 41.4. The van der Waals surface area contributed by atoms with Gasteiger partial charge < -0.3 is 10.1 Å². The van der Waals surface area contributed by atoms with Crippen LogP contribution in [-0.2, 0) is 0 Å². The number of carbonyl (C=O) groups is 1. The van der Waals surface area contributed by atoms with E-state index in [-0.39, 0.29) is 17.1 Å². The van der Waals surface area contributed by atoms with Crippen LogP contribution in [0.5, 0.6) is 5.75 Å². The van der Waals surface area contributed by atoms with Gasteiger partial charge in [0.15, 0.2) is 0 Å².